The van der Waals surface area contributed by atoms with Crippen LogP contribution in [0.25, 0.3) is 0 Å². The lowest BCUT2D eigenvalue weighted by Gasteiger charge is -2.35. The summed E-state index contributed by atoms with van der Waals surface area (Å²) in [4.78, 5) is 24.3. The normalized spacial score (nSPS) is 36.6. The molecule has 2 bridgehead atoms. The molecule has 18 heavy (non-hydrogen) atoms. The Morgan fingerprint density at radius 3 is 2.50 bits per heavy atom. The van der Waals surface area contributed by atoms with Gasteiger partial charge in [0, 0.05) is 19.1 Å². The van der Waals surface area contributed by atoms with Crippen LogP contribution >= 0.6 is 0 Å². The maximum atomic E-state index is 12.4. The number of nitrogens with one attached hydrogen (secondary N) is 1. The van der Waals surface area contributed by atoms with E-state index in [1.165, 1.54) is 0 Å². The van der Waals surface area contributed by atoms with Crippen molar-refractivity contribution in [2.75, 3.05) is 20.3 Å². The van der Waals surface area contributed by atoms with Crippen molar-refractivity contribution in [3.63, 3.8) is 0 Å². The van der Waals surface area contributed by atoms with Crippen molar-refractivity contribution < 1.29 is 19.1 Å². The van der Waals surface area contributed by atoms with Crippen molar-refractivity contribution in [1.82, 2.24) is 5.32 Å². The van der Waals surface area contributed by atoms with Gasteiger partial charge in [0.25, 0.3) is 5.91 Å². The van der Waals surface area contributed by atoms with Crippen LogP contribution in [0.15, 0.2) is 0 Å². The van der Waals surface area contributed by atoms with Crippen molar-refractivity contribution >= 4 is 11.9 Å². The van der Waals surface area contributed by atoms with Gasteiger partial charge in [0.15, 0.2) is 5.60 Å². The number of esters is 1. The van der Waals surface area contributed by atoms with Crippen LogP contribution in [0.1, 0.15) is 33.6 Å². The molecule has 0 aromatic carbocycles. The fraction of sp³-hybridized carbons (Fsp3) is 0.846. The summed E-state index contributed by atoms with van der Waals surface area (Å²) in [5, 5.41) is 2.80. The molecule has 1 N–H and O–H groups in total. The largest absolute Gasteiger partial charge is 0.448 e. The Labute approximate surface area is 107 Å². The number of hydrogen-bond donors (Lipinski definition) is 1. The zero-order chi connectivity index (χ0) is 13.6. The van der Waals surface area contributed by atoms with Crippen LogP contribution in [-0.4, -0.2) is 37.7 Å². The molecular weight excluding hydrogens is 234 g/mol. The summed E-state index contributed by atoms with van der Waals surface area (Å²) >= 11 is 0. The fourth-order valence-electron chi connectivity index (χ4n) is 3.16. The van der Waals surface area contributed by atoms with Crippen molar-refractivity contribution in [2.24, 2.45) is 10.8 Å². The second-order valence-corrected chi connectivity index (χ2v) is 5.92. The molecule has 0 radical (unpaired) electrons. The molecule has 0 spiro atoms. The average Bonchev–Trinajstić information content (AvgIpc) is 2.59. The van der Waals surface area contributed by atoms with Crippen LogP contribution in [0.4, 0.5) is 0 Å². The highest BCUT2D eigenvalue weighted by molar-refractivity contribution is 5.96. The molecule has 2 fully saturated rings. The number of carbonyl (C=O) groups excluding carboxylic acids is 2. The Morgan fingerprint density at radius 1 is 1.39 bits per heavy atom. The molecule has 2 aliphatic rings. The standard InChI is InChI=1S/C13H21NO4/c1-11(2)12(3)5-6-13(11,18-10(12)16)9(15)14-7-8-17-4/h5-8H2,1-4H3,(H,14,15). The van der Waals surface area contributed by atoms with Gasteiger partial charge in [-0.2, -0.15) is 0 Å². The van der Waals surface area contributed by atoms with Crippen LogP contribution in [0.5, 0.6) is 0 Å². The topological polar surface area (TPSA) is 64.6 Å². The van der Waals surface area contributed by atoms with Gasteiger partial charge in [0.05, 0.1) is 12.0 Å². The molecule has 0 aromatic rings. The number of ether oxygens (including phenoxy) is 2. The molecule has 5 nitrogen and oxygen atoms in total. The summed E-state index contributed by atoms with van der Waals surface area (Å²) < 4.78 is 10.4. The summed E-state index contributed by atoms with van der Waals surface area (Å²) in [6, 6.07) is 0. The third-order valence-corrected chi connectivity index (χ3v) is 5.04. The highest BCUT2D eigenvalue weighted by Crippen LogP contribution is 2.65. The van der Waals surface area contributed by atoms with E-state index in [4.69, 9.17) is 9.47 Å². The molecule has 1 amide bonds. The monoisotopic (exact) mass is 255 g/mol. The lowest BCUT2D eigenvalue weighted by molar-refractivity contribution is -0.168. The van der Waals surface area contributed by atoms with E-state index in [9.17, 15) is 9.59 Å². The van der Waals surface area contributed by atoms with Crippen LogP contribution < -0.4 is 5.32 Å². The number of methoxy groups -OCH3 is 1. The molecule has 1 saturated heterocycles. The quantitative estimate of drug-likeness (QED) is 0.598. The minimum absolute atomic E-state index is 0.195. The third kappa shape index (κ3) is 1.37. The van der Waals surface area contributed by atoms with Crippen LogP contribution in [0, 0.1) is 10.8 Å². The highest BCUT2D eigenvalue weighted by Gasteiger charge is 2.75. The molecule has 2 atom stereocenters. The minimum Gasteiger partial charge on any atom is -0.448 e. The molecule has 0 aromatic heterocycles. The summed E-state index contributed by atoms with van der Waals surface area (Å²) in [5.41, 5.74) is -2.04. The summed E-state index contributed by atoms with van der Waals surface area (Å²) in [7, 11) is 1.58. The summed E-state index contributed by atoms with van der Waals surface area (Å²) in [6.07, 6.45) is 1.30. The number of hydrogen-bond acceptors (Lipinski definition) is 4. The second-order valence-electron chi connectivity index (χ2n) is 5.92. The number of rotatable bonds is 4. The van der Waals surface area contributed by atoms with Crippen molar-refractivity contribution in [3.05, 3.63) is 0 Å². The molecule has 2 rings (SSSR count). The summed E-state index contributed by atoms with van der Waals surface area (Å²) in [6.45, 7) is 6.67. The van der Waals surface area contributed by atoms with Gasteiger partial charge < -0.3 is 14.8 Å². The van der Waals surface area contributed by atoms with Crippen LogP contribution in [0.3, 0.4) is 0 Å². The number of carbonyl (C=O) groups is 2. The van der Waals surface area contributed by atoms with Gasteiger partial charge >= 0.3 is 5.97 Å². The van der Waals surface area contributed by atoms with E-state index in [2.05, 4.69) is 5.32 Å². The average molecular weight is 255 g/mol. The lowest BCUT2D eigenvalue weighted by atomic mass is 9.66. The smallest absolute Gasteiger partial charge is 0.313 e. The zero-order valence-corrected chi connectivity index (χ0v) is 11.5. The fourth-order valence-corrected chi connectivity index (χ4v) is 3.16. The maximum absolute atomic E-state index is 12.4. The lowest BCUT2D eigenvalue weighted by Crippen LogP contribution is -2.53. The zero-order valence-electron chi connectivity index (χ0n) is 11.5. The van der Waals surface area contributed by atoms with Gasteiger partial charge in [-0.15, -0.1) is 0 Å². The Morgan fingerprint density at radius 2 is 2.06 bits per heavy atom. The first kappa shape index (κ1) is 13.3. The first-order valence-corrected chi connectivity index (χ1v) is 6.32. The third-order valence-electron chi connectivity index (χ3n) is 5.04. The first-order chi connectivity index (χ1) is 8.32. The molecule has 5 heteroatoms. The first-order valence-electron chi connectivity index (χ1n) is 6.32. The number of amides is 1. The molecule has 1 aliphatic carbocycles. The molecule has 2 unspecified atom stereocenters. The van der Waals surface area contributed by atoms with Crippen LogP contribution in [-0.2, 0) is 19.1 Å². The van der Waals surface area contributed by atoms with Gasteiger partial charge in [-0.1, -0.05) is 13.8 Å². The van der Waals surface area contributed by atoms with E-state index in [0.717, 1.165) is 0 Å². The molecular formula is C13H21NO4. The van der Waals surface area contributed by atoms with E-state index in [1.54, 1.807) is 7.11 Å². The Balaban J connectivity index is 2.22. The van der Waals surface area contributed by atoms with Crippen molar-refractivity contribution in [3.8, 4) is 0 Å². The highest BCUT2D eigenvalue weighted by atomic mass is 16.6. The predicted octanol–water partition coefficient (Wildman–Crippen LogP) is 0.871. The van der Waals surface area contributed by atoms with Crippen LogP contribution in [0.2, 0.25) is 0 Å². The number of fused-ring (bicyclic) bond motifs is 2. The minimum atomic E-state index is -1.01. The Bertz CT molecular complexity index is 392. The van der Waals surface area contributed by atoms with Crippen molar-refractivity contribution in [2.45, 2.75) is 39.2 Å². The second kappa shape index (κ2) is 3.95. The van der Waals surface area contributed by atoms with Gasteiger partial charge in [-0.25, -0.2) is 0 Å². The molecule has 1 heterocycles. The van der Waals surface area contributed by atoms with Crippen molar-refractivity contribution in [1.29, 1.82) is 0 Å². The SMILES string of the molecule is COCCNC(=O)C12CCC(C)(C(=O)O1)C2(C)C. The Hall–Kier alpha value is -1.10. The van der Waals surface area contributed by atoms with E-state index in [0.29, 0.717) is 26.0 Å². The molecule has 1 aliphatic heterocycles. The maximum Gasteiger partial charge on any atom is 0.313 e. The van der Waals surface area contributed by atoms with Gasteiger partial charge in [-0.05, 0) is 19.8 Å². The van der Waals surface area contributed by atoms with E-state index in [1.807, 2.05) is 20.8 Å². The van der Waals surface area contributed by atoms with Gasteiger partial charge in [0.2, 0.25) is 0 Å². The molecule has 102 valence electrons. The summed E-state index contributed by atoms with van der Waals surface area (Å²) in [5.74, 6) is -0.445. The van der Waals surface area contributed by atoms with Gasteiger partial charge in [-0.3, -0.25) is 9.59 Å². The van der Waals surface area contributed by atoms with E-state index >= 15 is 0 Å². The van der Waals surface area contributed by atoms with Gasteiger partial charge in [0.1, 0.15) is 0 Å². The predicted molar refractivity (Wildman–Crippen MR) is 64.8 cm³/mol. The van der Waals surface area contributed by atoms with E-state index < -0.39 is 16.4 Å². The molecule has 1 saturated carbocycles. The Kier molecular flexibility index (Phi) is 2.93. The van der Waals surface area contributed by atoms with E-state index in [-0.39, 0.29) is 11.9 Å².